The number of amides is 2. The maximum atomic E-state index is 13.7. The molecule has 33 heavy (non-hydrogen) atoms. The van der Waals surface area contributed by atoms with E-state index in [1.54, 1.807) is 31.4 Å². The summed E-state index contributed by atoms with van der Waals surface area (Å²) in [6, 6.07) is 18.5. The summed E-state index contributed by atoms with van der Waals surface area (Å²) < 4.78 is 10.8. The molecule has 3 aromatic rings. The summed E-state index contributed by atoms with van der Waals surface area (Å²) in [5.74, 6) is 0.208. The molecule has 0 saturated heterocycles. The van der Waals surface area contributed by atoms with Crippen molar-refractivity contribution in [1.82, 2.24) is 0 Å². The van der Waals surface area contributed by atoms with E-state index in [1.807, 2.05) is 51.1 Å². The molecule has 1 aliphatic heterocycles. The Balaban J connectivity index is 1.87. The molecule has 0 spiro atoms. The number of carbonyl (C=O) groups excluding carboxylic acids is 2. The highest BCUT2D eigenvalue weighted by Crippen LogP contribution is 2.37. The third-order valence-electron chi connectivity index (χ3n) is 5.51. The van der Waals surface area contributed by atoms with E-state index in [2.05, 4.69) is 11.4 Å². The number of ether oxygens (including phenoxy) is 2. The van der Waals surface area contributed by atoms with Crippen molar-refractivity contribution in [2.75, 3.05) is 24.4 Å². The number of hydrogen-bond donors (Lipinski definition) is 1. The molecule has 0 aliphatic carbocycles. The van der Waals surface area contributed by atoms with E-state index < -0.39 is 11.8 Å². The Hall–Kier alpha value is -4.06. The lowest BCUT2D eigenvalue weighted by Crippen LogP contribution is -2.32. The number of rotatable bonds is 6. The van der Waals surface area contributed by atoms with Gasteiger partial charge in [0.25, 0.3) is 11.8 Å². The Labute approximate surface area is 193 Å². The van der Waals surface area contributed by atoms with Crippen LogP contribution in [0.15, 0.2) is 66.4 Å². The lowest BCUT2D eigenvalue weighted by molar-refractivity contribution is -0.120. The van der Waals surface area contributed by atoms with Crippen LogP contribution in [0, 0.1) is 20.8 Å². The largest absolute Gasteiger partial charge is 0.493 e. The highest BCUT2D eigenvalue weighted by atomic mass is 16.5. The first-order valence-electron chi connectivity index (χ1n) is 10.6. The molecule has 3 aromatic carbocycles. The molecular formula is C27H26N2O4. The van der Waals surface area contributed by atoms with Gasteiger partial charge in [0, 0.05) is 5.69 Å². The molecule has 1 aliphatic rings. The van der Waals surface area contributed by atoms with Crippen molar-refractivity contribution in [3.63, 3.8) is 0 Å². The molecule has 0 radical (unpaired) electrons. The number of benzene rings is 3. The fraction of sp³-hybridized carbons (Fsp3) is 0.185. The zero-order chi connectivity index (χ0) is 23.7. The van der Waals surface area contributed by atoms with Crippen molar-refractivity contribution in [3.8, 4) is 11.5 Å². The van der Waals surface area contributed by atoms with E-state index in [-0.39, 0.29) is 11.3 Å². The van der Waals surface area contributed by atoms with Crippen LogP contribution in [0.5, 0.6) is 11.5 Å². The van der Waals surface area contributed by atoms with Gasteiger partial charge in [-0.2, -0.15) is 0 Å². The van der Waals surface area contributed by atoms with Gasteiger partial charge >= 0.3 is 0 Å². The Morgan fingerprint density at radius 1 is 0.727 bits per heavy atom. The summed E-state index contributed by atoms with van der Waals surface area (Å²) in [5, 5.41) is 3.23. The maximum Gasteiger partial charge on any atom is 0.282 e. The predicted molar refractivity (Wildman–Crippen MR) is 130 cm³/mol. The number of methoxy groups -OCH3 is 2. The van der Waals surface area contributed by atoms with Gasteiger partial charge in [0.1, 0.15) is 5.70 Å². The van der Waals surface area contributed by atoms with Crippen LogP contribution in [0.4, 0.5) is 11.4 Å². The number of hydrogen-bond acceptors (Lipinski definition) is 5. The van der Waals surface area contributed by atoms with E-state index in [0.717, 1.165) is 22.4 Å². The van der Waals surface area contributed by atoms with Gasteiger partial charge in [-0.3, -0.25) is 9.59 Å². The number of imide groups is 1. The third-order valence-corrected chi connectivity index (χ3v) is 5.51. The van der Waals surface area contributed by atoms with Crippen LogP contribution in [-0.4, -0.2) is 26.0 Å². The van der Waals surface area contributed by atoms with Gasteiger partial charge < -0.3 is 14.8 Å². The first-order chi connectivity index (χ1) is 15.8. The first-order valence-corrected chi connectivity index (χ1v) is 10.6. The fourth-order valence-corrected chi connectivity index (χ4v) is 4.10. The molecule has 0 saturated carbocycles. The minimum absolute atomic E-state index is 0.221. The molecule has 0 atom stereocenters. The molecule has 6 heteroatoms. The molecule has 0 bridgehead atoms. The number of carbonyl (C=O) groups is 2. The zero-order valence-electron chi connectivity index (χ0n) is 19.4. The predicted octanol–water partition coefficient (Wildman–Crippen LogP) is 5.03. The second-order valence-electron chi connectivity index (χ2n) is 8.11. The molecule has 4 rings (SSSR count). The maximum absolute atomic E-state index is 13.7. The molecule has 0 fully saturated rings. The third kappa shape index (κ3) is 4.20. The normalized spacial score (nSPS) is 13.5. The number of nitrogens with zero attached hydrogens (tertiary/aromatic N) is 1. The lowest BCUT2D eigenvalue weighted by atomic mass is 10.0. The summed E-state index contributed by atoms with van der Waals surface area (Å²) in [7, 11) is 3.08. The quantitative estimate of drug-likeness (QED) is 0.543. The van der Waals surface area contributed by atoms with Crippen molar-refractivity contribution >= 4 is 28.8 Å². The Bertz CT molecular complexity index is 1270. The van der Waals surface area contributed by atoms with E-state index >= 15 is 0 Å². The molecule has 1 heterocycles. The number of anilines is 2. The monoisotopic (exact) mass is 442 g/mol. The summed E-state index contributed by atoms with van der Waals surface area (Å²) in [5.41, 5.74) is 5.40. The van der Waals surface area contributed by atoms with Gasteiger partial charge in [-0.1, -0.05) is 24.3 Å². The van der Waals surface area contributed by atoms with Crippen LogP contribution in [0.1, 0.15) is 22.3 Å². The fourth-order valence-electron chi connectivity index (χ4n) is 4.10. The van der Waals surface area contributed by atoms with Gasteiger partial charge in [-0.05, 0) is 79.4 Å². The molecular weight excluding hydrogens is 416 g/mol. The van der Waals surface area contributed by atoms with Gasteiger partial charge in [0.15, 0.2) is 11.5 Å². The number of nitrogens with one attached hydrogen (secondary N) is 1. The van der Waals surface area contributed by atoms with Crippen molar-refractivity contribution in [3.05, 3.63) is 88.6 Å². The molecule has 0 aromatic heterocycles. The molecule has 2 amide bonds. The second-order valence-corrected chi connectivity index (χ2v) is 8.11. The summed E-state index contributed by atoms with van der Waals surface area (Å²) in [4.78, 5) is 28.5. The van der Waals surface area contributed by atoms with Gasteiger partial charge in [-0.25, -0.2) is 4.90 Å². The van der Waals surface area contributed by atoms with Crippen LogP contribution in [0.3, 0.4) is 0 Å². The standard InChI is InChI=1S/C27H26N2O4/c1-16-7-6-8-21(14-16)29-26(30)24(19-9-10-22(32-4)23(15-19)33-5)25(27(29)31)28-20-12-17(2)11-18(3)13-20/h6-15,28H,1-5H3. The molecule has 168 valence electrons. The van der Waals surface area contributed by atoms with Crippen LogP contribution < -0.4 is 19.7 Å². The van der Waals surface area contributed by atoms with Crippen LogP contribution in [-0.2, 0) is 9.59 Å². The van der Waals surface area contributed by atoms with Gasteiger partial charge in [-0.15, -0.1) is 0 Å². The number of aryl methyl sites for hydroxylation is 3. The molecule has 0 unspecified atom stereocenters. The highest BCUT2D eigenvalue weighted by Gasteiger charge is 2.40. The summed E-state index contributed by atoms with van der Waals surface area (Å²) in [6.45, 7) is 5.90. The zero-order valence-corrected chi connectivity index (χ0v) is 19.4. The van der Waals surface area contributed by atoms with Gasteiger partial charge in [0.05, 0.1) is 25.5 Å². The summed E-state index contributed by atoms with van der Waals surface area (Å²) >= 11 is 0. The summed E-state index contributed by atoms with van der Waals surface area (Å²) in [6.07, 6.45) is 0. The van der Waals surface area contributed by atoms with Crippen molar-refractivity contribution in [2.24, 2.45) is 0 Å². The smallest absolute Gasteiger partial charge is 0.282 e. The average molecular weight is 443 g/mol. The second kappa shape index (κ2) is 8.82. The Morgan fingerprint density at radius 2 is 1.42 bits per heavy atom. The SMILES string of the molecule is COc1ccc(C2=C(Nc3cc(C)cc(C)c3)C(=O)N(c3cccc(C)c3)C2=O)cc1OC. The lowest BCUT2D eigenvalue weighted by Gasteiger charge is -2.16. The minimum atomic E-state index is -0.408. The molecule has 1 N–H and O–H groups in total. The van der Waals surface area contributed by atoms with Crippen molar-refractivity contribution in [2.45, 2.75) is 20.8 Å². The van der Waals surface area contributed by atoms with E-state index in [1.165, 1.54) is 12.0 Å². The van der Waals surface area contributed by atoms with Crippen molar-refractivity contribution in [1.29, 1.82) is 0 Å². The van der Waals surface area contributed by atoms with Crippen LogP contribution in [0.25, 0.3) is 5.57 Å². The average Bonchev–Trinajstić information content (AvgIpc) is 3.01. The minimum Gasteiger partial charge on any atom is -0.493 e. The van der Waals surface area contributed by atoms with E-state index in [9.17, 15) is 9.59 Å². The molecule has 6 nitrogen and oxygen atoms in total. The Kier molecular flexibility index (Phi) is 5.92. The first kappa shape index (κ1) is 22.1. The van der Waals surface area contributed by atoms with Gasteiger partial charge in [0.2, 0.25) is 0 Å². The van der Waals surface area contributed by atoms with Crippen molar-refractivity contribution < 1.29 is 19.1 Å². The van der Waals surface area contributed by atoms with Crippen LogP contribution >= 0.6 is 0 Å². The topological polar surface area (TPSA) is 67.9 Å². The van der Waals surface area contributed by atoms with E-state index in [0.29, 0.717) is 22.7 Å². The highest BCUT2D eigenvalue weighted by molar-refractivity contribution is 6.46. The Morgan fingerprint density at radius 3 is 2.06 bits per heavy atom. The van der Waals surface area contributed by atoms with E-state index in [4.69, 9.17) is 9.47 Å². The van der Waals surface area contributed by atoms with Crippen LogP contribution in [0.2, 0.25) is 0 Å².